The van der Waals surface area contributed by atoms with Crippen molar-refractivity contribution in [1.29, 1.82) is 0 Å². The third-order valence-electron chi connectivity index (χ3n) is 2.22. The summed E-state index contributed by atoms with van der Waals surface area (Å²) in [5.74, 6) is -0.688. The number of aliphatic hydroxyl groups is 1. The molecule has 0 amide bonds. The van der Waals surface area contributed by atoms with E-state index in [0.717, 1.165) is 17.5 Å². The summed E-state index contributed by atoms with van der Waals surface area (Å²) in [5.41, 5.74) is 0.724. The predicted molar refractivity (Wildman–Crippen MR) is 65.4 cm³/mol. The first kappa shape index (κ1) is 13.4. The van der Waals surface area contributed by atoms with Crippen molar-refractivity contribution < 1.29 is 15.0 Å². The molecular formula is C10H11N5O3S. The lowest BCUT2D eigenvalue weighted by molar-refractivity contribution is -0.133. The van der Waals surface area contributed by atoms with Crippen molar-refractivity contribution in [2.75, 3.05) is 5.75 Å². The molecule has 8 nitrogen and oxygen atoms in total. The van der Waals surface area contributed by atoms with Gasteiger partial charge in [-0.3, -0.25) is 9.36 Å². The molecule has 0 atom stereocenters. The molecule has 100 valence electrons. The molecule has 0 aliphatic heterocycles. The molecule has 0 fully saturated rings. The van der Waals surface area contributed by atoms with Gasteiger partial charge in [-0.25, -0.2) is 9.97 Å². The molecule has 0 saturated carbocycles. The number of hydrogen-bond acceptors (Lipinski definition) is 7. The minimum atomic E-state index is -0.938. The first-order valence-corrected chi connectivity index (χ1v) is 6.31. The van der Waals surface area contributed by atoms with Crippen LogP contribution in [0.1, 0.15) is 11.5 Å². The fourth-order valence-electron chi connectivity index (χ4n) is 1.40. The van der Waals surface area contributed by atoms with Crippen molar-refractivity contribution in [3.63, 3.8) is 0 Å². The Morgan fingerprint density at radius 1 is 1.42 bits per heavy atom. The number of carboxylic acids is 1. The molecule has 2 heterocycles. The maximum Gasteiger partial charge on any atom is 0.313 e. The minimum absolute atomic E-state index is 0.118. The number of hydrogen-bond donors (Lipinski definition) is 2. The number of nitrogens with zero attached hydrogens (tertiary/aromatic N) is 5. The second-order valence-electron chi connectivity index (χ2n) is 3.53. The topological polar surface area (TPSA) is 114 Å². The average molecular weight is 281 g/mol. The van der Waals surface area contributed by atoms with Gasteiger partial charge in [-0.05, 0) is 6.07 Å². The number of thioether (sulfide) groups is 1. The van der Waals surface area contributed by atoms with E-state index in [9.17, 15) is 9.90 Å². The lowest BCUT2D eigenvalue weighted by Gasteiger charge is -2.07. The Morgan fingerprint density at radius 2 is 2.26 bits per heavy atom. The van der Waals surface area contributed by atoms with Crippen LogP contribution in [0, 0.1) is 0 Å². The second kappa shape index (κ2) is 6.25. The van der Waals surface area contributed by atoms with Gasteiger partial charge in [-0.15, -0.1) is 10.2 Å². The molecular weight excluding hydrogens is 270 g/mol. The molecule has 2 aromatic rings. The summed E-state index contributed by atoms with van der Waals surface area (Å²) in [4.78, 5) is 18.5. The number of aliphatic hydroxyl groups excluding tert-OH is 1. The van der Waals surface area contributed by atoms with Crippen molar-refractivity contribution >= 4 is 17.7 Å². The van der Waals surface area contributed by atoms with E-state index >= 15 is 0 Å². The third kappa shape index (κ3) is 3.48. The fourth-order valence-corrected chi connectivity index (χ4v) is 2.08. The zero-order valence-corrected chi connectivity index (χ0v) is 10.6. The van der Waals surface area contributed by atoms with Gasteiger partial charge < -0.3 is 10.2 Å². The number of aromatic nitrogens is 5. The Morgan fingerprint density at radius 3 is 2.89 bits per heavy atom. The van der Waals surface area contributed by atoms with Gasteiger partial charge >= 0.3 is 5.97 Å². The van der Waals surface area contributed by atoms with Gasteiger partial charge in [0.2, 0.25) is 0 Å². The Balaban J connectivity index is 2.21. The average Bonchev–Trinajstić information content (AvgIpc) is 2.80. The Kier molecular flexibility index (Phi) is 4.42. The number of rotatable bonds is 6. The van der Waals surface area contributed by atoms with Crippen molar-refractivity contribution in [1.82, 2.24) is 24.7 Å². The quantitative estimate of drug-likeness (QED) is 0.699. The molecule has 2 aromatic heterocycles. The highest BCUT2D eigenvalue weighted by atomic mass is 32.2. The fraction of sp³-hybridized carbons (Fsp3) is 0.300. The zero-order chi connectivity index (χ0) is 13.7. The molecule has 2 rings (SSSR count). The zero-order valence-electron chi connectivity index (χ0n) is 9.80. The van der Waals surface area contributed by atoms with E-state index in [0.29, 0.717) is 17.5 Å². The van der Waals surface area contributed by atoms with Gasteiger partial charge in [0.25, 0.3) is 0 Å². The number of carbonyl (C=O) groups is 1. The van der Waals surface area contributed by atoms with Crippen LogP contribution in [0.3, 0.4) is 0 Å². The van der Waals surface area contributed by atoms with Crippen LogP contribution in [0.5, 0.6) is 0 Å². The van der Waals surface area contributed by atoms with Gasteiger partial charge in [-0.1, -0.05) is 11.8 Å². The molecule has 0 spiro atoms. The lowest BCUT2D eigenvalue weighted by atomic mass is 10.4. The molecule has 0 radical (unpaired) electrons. The highest BCUT2D eigenvalue weighted by Gasteiger charge is 2.14. The number of carboxylic acid groups (broad SMARTS) is 1. The SMILES string of the molecule is O=C(O)CSc1nnc(CO)n1Cc1ccncn1. The minimum Gasteiger partial charge on any atom is -0.481 e. The molecule has 0 bridgehead atoms. The van der Waals surface area contributed by atoms with E-state index in [1.165, 1.54) is 6.33 Å². The Hall–Kier alpha value is -2.00. The van der Waals surface area contributed by atoms with Gasteiger partial charge in [0.1, 0.15) is 12.9 Å². The molecule has 9 heteroatoms. The molecule has 19 heavy (non-hydrogen) atoms. The number of aliphatic carboxylic acids is 1. The van der Waals surface area contributed by atoms with Crippen LogP contribution < -0.4 is 0 Å². The Bertz CT molecular complexity index is 560. The smallest absolute Gasteiger partial charge is 0.313 e. The summed E-state index contributed by atoms with van der Waals surface area (Å²) in [6.45, 7) is 0.0824. The molecule has 0 aliphatic rings. The van der Waals surface area contributed by atoms with Crippen LogP contribution in [0.4, 0.5) is 0 Å². The summed E-state index contributed by atoms with van der Waals surface area (Å²) < 4.78 is 1.63. The maximum absolute atomic E-state index is 10.6. The molecule has 2 N–H and O–H groups in total. The van der Waals surface area contributed by atoms with Gasteiger partial charge in [0, 0.05) is 6.20 Å². The van der Waals surface area contributed by atoms with Crippen LogP contribution in [0.15, 0.2) is 23.7 Å². The lowest BCUT2D eigenvalue weighted by Crippen LogP contribution is -2.09. The molecule has 0 saturated heterocycles. The van der Waals surface area contributed by atoms with Crippen molar-refractivity contribution in [2.24, 2.45) is 0 Å². The van der Waals surface area contributed by atoms with Crippen molar-refractivity contribution in [3.05, 3.63) is 30.1 Å². The summed E-state index contributed by atoms with van der Waals surface area (Å²) in [6.07, 6.45) is 3.03. The van der Waals surface area contributed by atoms with Crippen LogP contribution in [0.25, 0.3) is 0 Å². The van der Waals surface area contributed by atoms with Crippen molar-refractivity contribution in [3.8, 4) is 0 Å². The second-order valence-corrected chi connectivity index (χ2v) is 4.47. The normalized spacial score (nSPS) is 10.6. The highest BCUT2D eigenvalue weighted by molar-refractivity contribution is 7.99. The molecule has 0 unspecified atom stereocenters. The largest absolute Gasteiger partial charge is 0.481 e. The van der Waals surface area contributed by atoms with Gasteiger partial charge in [-0.2, -0.15) is 0 Å². The Labute approximate surface area is 112 Å². The summed E-state index contributed by atoms with van der Waals surface area (Å²) in [5, 5.41) is 26.0. The van der Waals surface area contributed by atoms with Crippen LogP contribution in [-0.4, -0.2) is 46.7 Å². The summed E-state index contributed by atoms with van der Waals surface area (Å²) in [7, 11) is 0. The summed E-state index contributed by atoms with van der Waals surface area (Å²) in [6, 6.07) is 1.73. The maximum atomic E-state index is 10.6. The monoisotopic (exact) mass is 281 g/mol. The van der Waals surface area contributed by atoms with E-state index in [1.807, 2.05) is 0 Å². The summed E-state index contributed by atoms with van der Waals surface area (Å²) >= 11 is 1.05. The van der Waals surface area contributed by atoms with E-state index in [4.69, 9.17) is 5.11 Å². The van der Waals surface area contributed by atoms with Gasteiger partial charge in [0.15, 0.2) is 11.0 Å². The predicted octanol–water partition coefficient (Wildman–Crippen LogP) is -0.215. The van der Waals surface area contributed by atoms with Crippen molar-refractivity contribution in [2.45, 2.75) is 18.3 Å². The van der Waals surface area contributed by atoms with E-state index < -0.39 is 5.97 Å². The third-order valence-corrected chi connectivity index (χ3v) is 3.17. The van der Waals surface area contributed by atoms with Gasteiger partial charge in [0.05, 0.1) is 18.0 Å². The van der Waals surface area contributed by atoms with Crippen LogP contribution >= 0.6 is 11.8 Å². The standard InChI is InChI=1S/C10H11N5O3S/c16-4-8-13-14-10(19-5-9(17)18)15(8)3-7-1-2-11-6-12-7/h1-2,6,16H,3-5H2,(H,17,18). The highest BCUT2D eigenvalue weighted by Crippen LogP contribution is 2.18. The van der Waals surface area contributed by atoms with E-state index in [1.54, 1.807) is 16.8 Å². The van der Waals surface area contributed by atoms with E-state index in [-0.39, 0.29) is 12.4 Å². The molecule has 0 aliphatic carbocycles. The van der Waals surface area contributed by atoms with Crippen LogP contribution in [0.2, 0.25) is 0 Å². The van der Waals surface area contributed by atoms with E-state index in [2.05, 4.69) is 20.2 Å². The first-order chi connectivity index (χ1) is 9.20. The first-order valence-electron chi connectivity index (χ1n) is 5.33. The van der Waals surface area contributed by atoms with Crippen LogP contribution in [-0.2, 0) is 17.9 Å². The molecule has 0 aromatic carbocycles.